The van der Waals surface area contributed by atoms with E-state index in [0.717, 1.165) is 5.56 Å². The van der Waals surface area contributed by atoms with Crippen molar-refractivity contribution in [3.8, 4) is 0 Å². The van der Waals surface area contributed by atoms with Crippen LogP contribution in [0.1, 0.15) is 25.8 Å². The molecular formula is C16H24O5. The third-order valence-corrected chi connectivity index (χ3v) is 3.34. The Hall–Kier alpha value is -0.980. The van der Waals surface area contributed by atoms with Gasteiger partial charge in [0.1, 0.15) is 12.2 Å². The van der Waals surface area contributed by atoms with E-state index in [1.165, 1.54) is 0 Å². The minimum Gasteiger partial charge on any atom is -0.390 e. The van der Waals surface area contributed by atoms with Crippen molar-refractivity contribution in [1.29, 1.82) is 0 Å². The number of benzene rings is 1. The number of hydrogen-bond acceptors (Lipinski definition) is 5. The number of hydrogen-bond donors (Lipinski definition) is 2. The molecule has 2 N–H and O–H groups in total. The van der Waals surface area contributed by atoms with Gasteiger partial charge >= 0.3 is 0 Å². The minimum atomic E-state index is -0.812. The predicted molar refractivity (Wildman–Crippen MR) is 77.6 cm³/mol. The van der Waals surface area contributed by atoms with Crippen molar-refractivity contribution in [3.05, 3.63) is 35.9 Å². The summed E-state index contributed by atoms with van der Waals surface area (Å²) in [4.78, 5) is 0. The molecule has 0 spiro atoms. The van der Waals surface area contributed by atoms with Crippen molar-refractivity contribution in [3.63, 3.8) is 0 Å². The molecule has 0 amide bonds. The lowest BCUT2D eigenvalue weighted by atomic mass is 10.0. The highest BCUT2D eigenvalue weighted by molar-refractivity contribution is 5.13. The average Bonchev–Trinajstić information content (AvgIpc) is 2.44. The molecule has 21 heavy (non-hydrogen) atoms. The smallest absolute Gasteiger partial charge is 0.184 e. The summed E-state index contributed by atoms with van der Waals surface area (Å²) in [5, 5.41) is 19.8. The maximum atomic E-state index is 9.97. The molecule has 2 rings (SSSR count). The Morgan fingerprint density at radius 1 is 1.19 bits per heavy atom. The normalized spacial score (nSPS) is 29.8. The van der Waals surface area contributed by atoms with Gasteiger partial charge < -0.3 is 24.4 Å². The van der Waals surface area contributed by atoms with Crippen LogP contribution in [0.2, 0.25) is 0 Å². The van der Waals surface area contributed by atoms with E-state index in [0.29, 0.717) is 6.61 Å². The van der Waals surface area contributed by atoms with E-state index in [1.807, 2.05) is 44.2 Å². The molecule has 0 unspecified atom stereocenters. The van der Waals surface area contributed by atoms with E-state index in [9.17, 15) is 10.2 Å². The summed E-state index contributed by atoms with van der Waals surface area (Å²) >= 11 is 0. The van der Waals surface area contributed by atoms with E-state index in [4.69, 9.17) is 14.2 Å². The highest BCUT2D eigenvalue weighted by atomic mass is 16.7. The summed E-state index contributed by atoms with van der Waals surface area (Å²) < 4.78 is 16.7. The van der Waals surface area contributed by atoms with Gasteiger partial charge in [-0.25, -0.2) is 0 Å². The third-order valence-electron chi connectivity index (χ3n) is 3.34. The monoisotopic (exact) mass is 296 g/mol. The minimum absolute atomic E-state index is 0.0502. The van der Waals surface area contributed by atoms with E-state index < -0.39 is 24.6 Å². The zero-order chi connectivity index (χ0) is 15.2. The Kier molecular flexibility index (Phi) is 6.14. The lowest BCUT2D eigenvalue weighted by Crippen LogP contribution is -2.50. The fourth-order valence-electron chi connectivity index (χ4n) is 2.27. The molecule has 0 radical (unpaired) electrons. The van der Waals surface area contributed by atoms with E-state index in [-0.39, 0.29) is 19.1 Å². The third kappa shape index (κ3) is 5.05. The summed E-state index contributed by atoms with van der Waals surface area (Å²) in [5.41, 5.74) is 1.07. The predicted octanol–water partition coefficient (Wildman–Crippen LogP) is 1.46. The Balaban J connectivity index is 1.81. The standard InChI is InChI=1S/C16H24O5/c1-11(2)20-16-14(18)8-13(17)15(21-16)10-19-9-12-6-4-3-5-7-12/h3-7,11,13-18H,8-10H2,1-2H3/t13-,14+,15-,16-/m1/s1. The van der Waals surface area contributed by atoms with Crippen molar-refractivity contribution < 1.29 is 24.4 Å². The van der Waals surface area contributed by atoms with Gasteiger partial charge in [-0.05, 0) is 19.4 Å². The van der Waals surface area contributed by atoms with Crippen LogP contribution in [0.25, 0.3) is 0 Å². The van der Waals surface area contributed by atoms with Gasteiger partial charge in [-0.2, -0.15) is 0 Å². The van der Waals surface area contributed by atoms with Crippen molar-refractivity contribution in [2.24, 2.45) is 0 Å². The summed E-state index contributed by atoms with van der Waals surface area (Å²) in [5.74, 6) is 0. The molecule has 1 aromatic carbocycles. The number of ether oxygens (including phenoxy) is 3. The summed E-state index contributed by atoms with van der Waals surface area (Å²) in [6.07, 6.45) is -2.57. The Labute approximate surface area is 125 Å². The zero-order valence-corrected chi connectivity index (χ0v) is 12.5. The topological polar surface area (TPSA) is 68.2 Å². The number of aliphatic hydroxyl groups excluding tert-OH is 2. The second-order valence-corrected chi connectivity index (χ2v) is 5.60. The van der Waals surface area contributed by atoms with Gasteiger partial charge in [-0.3, -0.25) is 0 Å². The Bertz CT molecular complexity index is 408. The number of rotatable bonds is 6. The average molecular weight is 296 g/mol. The van der Waals surface area contributed by atoms with Crippen LogP contribution in [0.4, 0.5) is 0 Å². The summed E-state index contributed by atoms with van der Waals surface area (Å²) in [7, 11) is 0. The van der Waals surface area contributed by atoms with Crippen molar-refractivity contribution in [2.75, 3.05) is 6.61 Å². The highest BCUT2D eigenvalue weighted by Gasteiger charge is 2.37. The Morgan fingerprint density at radius 3 is 2.57 bits per heavy atom. The lowest BCUT2D eigenvalue weighted by molar-refractivity contribution is -0.282. The maximum absolute atomic E-state index is 9.97. The molecule has 5 heteroatoms. The molecular weight excluding hydrogens is 272 g/mol. The van der Waals surface area contributed by atoms with Gasteiger partial charge in [0.15, 0.2) is 6.29 Å². The quantitative estimate of drug-likeness (QED) is 0.832. The van der Waals surface area contributed by atoms with Crippen LogP contribution in [0.15, 0.2) is 30.3 Å². The molecule has 1 heterocycles. The molecule has 1 fully saturated rings. The molecule has 4 atom stereocenters. The molecule has 118 valence electrons. The van der Waals surface area contributed by atoms with Crippen LogP contribution >= 0.6 is 0 Å². The second-order valence-electron chi connectivity index (χ2n) is 5.60. The molecule has 0 aromatic heterocycles. The van der Waals surface area contributed by atoms with Crippen molar-refractivity contribution >= 4 is 0 Å². The van der Waals surface area contributed by atoms with Crippen LogP contribution in [0.5, 0.6) is 0 Å². The van der Waals surface area contributed by atoms with Gasteiger partial charge in [0.05, 0.1) is 25.4 Å². The van der Waals surface area contributed by atoms with Crippen LogP contribution < -0.4 is 0 Å². The van der Waals surface area contributed by atoms with Gasteiger partial charge in [-0.15, -0.1) is 0 Å². The largest absolute Gasteiger partial charge is 0.390 e. The first-order chi connectivity index (χ1) is 10.1. The van der Waals surface area contributed by atoms with Gasteiger partial charge in [0.2, 0.25) is 0 Å². The van der Waals surface area contributed by atoms with Gasteiger partial charge in [0.25, 0.3) is 0 Å². The fraction of sp³-hybridized carbons (Fsp3) is 0.625. The molecule has 1 saturated heterocycles. The first-order valence-electron chi connectivity index (χ1n) is 7.35. The van der Waals surface area contributed by atoms with Gasteiger partial charge in [-0.1, -0.05) is 30.3 Å². The molecule has 0 bridgehead atoms. The fourth-order valence-corrected chi connectivity index (χ4v) is 2.27. The van der Waals surface area contributed by atoms with Crippen LogP contribution in [0, 0.1) is 0 Å². The molecule has 1 aliphatic heterocycles. The Morgan fingerprint density at radius 2 is 1.90 bits per heavy atom. The molecule has 1 aromatic rings. The maximum Gasteiger partial charge on any atom is 0.184 e. The SMILES string of the molecule is CC(C)O[C@@H]1O[C@H](COCc2ccccc2)[C@H](O)C[C@@H]1O. The van der Waals surface area contributed by atoms with E-state index >= 15 is 0 Å². The molecule has 1 aliphatic rings. The highest BCUT2D eigenvalue weighted by Crippen LogP contribution is 2.22. The molecule has 0 aliphatic carbocycles. The number of aliphatic hydroxyl groups is 2. The van der Waals surface area contributed by atoms with Gasteiger partial charge in [0, 0.05) is 6.42 Å². The van der Waals surface area contributed by atoms with E-state index in [2.05, 4.69) is 0 Å². The summed E-state index contributed by atoms with van der Waals surface area (Å²) in [6.45, 7) is 4.48. The lowest BCUT2D eigenvalue weighted by Gasteiger charge is -2.37. The first-order valence-corrected chi connectivity index (χ1v) is 7.35. The van der Waals surface area contributed by atoms with Crippen LogP contribution in [0.3, 0.4) is 0 Å². The second kappa shape index (κ2) is 7.87. The van der Waals surface area contributed by atoms with Crippen molar-refractivity contribution in [2.45, 2.75) is 57.6 Å². The van der Waals surface area contributed by atoms with E-state index in [1.54, 1.807) is 0 Å². The zero-order valence-electron chi connectivity index (χ0n) is 12.5. The van der Waals surface area contributed by atoms with Crippen LogP contribution in [-0.4, -0.2) is 47.5 Å². The van der Waals surface area contributed by atoms with Crippen LogP contribution in [-0.2, 0) is 20.8 Å². The van der Waals surface area contributed by atoms with Crippen molar-refractivity contribution in [1.82, 2.24) is 0 Å². The molecule has 5 nitrogen and oxygen atoms in total. The summed E-state index contributed by atoms with van der Waals surface area (Å²) in [6, 6.07) is 9.81. The molecule has 0 saturated carbocycles. The first kappa shape index (κ1) is 16.4.